The number of hydrogen-bond donors (Lipinski definition) is 2. The van der Waals surface area contributed by atoms with Crippen molar-refractivity contribution in [2.45, 2.75) is 37.5 Å². The fourth-order valence-electron chi connectivity index (χ4n) is 4.44. The first-order valence-corrected chi connectivity index (χ1v) is 11.3. The minimum Gasteiger partial charge on any atom is -0.496 e. The number of methoxy groups -OCH3 is 1. The number of nitrogens with one attached hydrogen (secondary N) is 2. The standard InChI is InChI=1S/C25H29N3O6/c1-26-23(29)13-16-9-10-19-22(34-16)14-33-21-11-8-15(12-18(21)25(31)28(19)2)27-24(30)17-6-4-5-7-20(17)32-3/h4-8,11-12,16,19,22H,9-10,13-14H2,1-3H3,(H,26,29)(H,27,30)/t16-,19-,22+/m1/s1. The van der Waals surface area contributed by atoms with Gasteiger partial charge in [0.1, 0.15) is 24.2 Å². The summed E-state index contributed by atoms with van der Waals surface area (Å²) in [7, 11) is 4.85. The van der Waals surface area contributed by atoms with E-state index in [1.54, 1.807) is 61.5 Å². The molecular formula is C25H29N3O6. The molecule has 180 valence electrons. The lowest BCUT2D eigenvalue weighted by atomic mass is 9.94. The summed E-state index contributed by atoms with van der Waals surface area (Å²) in [6.45, 7) is 0.256. The molecule has 0 aliphatic carbocycles. The maximum Gasteiger partial charge on any atom is 0.259 e. The van der Waals surface area contributed by atoms with Crippen molar-refractivity contribution in [2.75, 3.05) is 33.1 Å². The molecule has 3 amide bonds. The number of para-hydroxylation sites is 1. The lowest BCUT2D eigenvalue weighted by molar-refractivity contribution is -0.133. The average Bonchev–Trinajstić information content (AvgIpc) is 2.86. The van der Waals surface area contributed by atoms with Crippen LogP contribution in [0.3, 0.4) is 0 Å². The van der Waals surface area contributed by atoms with E-state index in [0.717, 1.165) is 0 Å². The first-order valence-electron chi connectivity index (χ1n) is 11.3. The number of benzene rings is 2. The number of carbonyl (C=O) groups is 3. The molecule has 3 atom stereocenters. The molecule has 0 saturated carbocycles. The van der Waals surface area contributed by atoms with Crippen LogP contribution in [-0.4, -0.2) is 68.7 Å². The third kappa shape index (κ3) is 4.84. The van der Waals surface area contributed by atoms with Crippen LogP contribution in [0, 0.1) is 0 Å². The molecule has 0 bridgehead atoms. The van der Waals surface area contributed by atoms with Gasteiger partial charge in [-0.1, -0.05) is 12.1 Å². The van der Waals surface area contributed by atoms with Gasteiger partial charge in [-0.15, -0.1) is 0 Å². The van der Waals surface area contributed by atoms with E-state index >= 15 is 0 Å². The zero-order chi connectivity index (χ0) is 24.2. The Morgan fingerprint density at radius 2 is 1.97 bits per heavy atom. The molecule has 1 fully saturated rings. The largest absolute Gasteiger partial charge is 0.496 e. The Balaban J connectivity index is 1.53. The van der Waals surface area contributed by atoms with Gasteiger partial charge < -0.3 is 29.7 Å². The highest BCUT2D eigenvalue weighted by atomic mass is 16.5. The molecule has 0 unspecified atom stereocenters. The molecule has 4 rings (SSSR count). The van der Waals surface area contributed by atoms with Crippen LogP contribution in [0.15, 0.2) is 42.5 Å². The van der Waals surface area contributed by atoms with Crippen LogP contribution in [0.5, 0.6) is 11.5 Å². The van der Waals surface area contributed by atoms with Crippen molar-refractivity contribution >= 4 is 23.4 Å². The Labute approximate surface area is 198 Å². The monoisotopic (exact) mass is 467 g/mol. The minimum atomic E-state index is -0.340. The second-order valence-corrected chi connectivity index (χ2v) is 8.41. The van der Waals surface area contributed by atoms with E-state index in [2.05, 4.69) is 10.6 Å². The van der Waals surface area contributed by atoms with Gasteiger partial charge in [-0.05, 0) is 43.2 Å². The van der Waals surface area contributed by atoms with Crippen LogP contribution in [-0.2, 0) is 9.53 Å². The third-order valence-electron chi connectivity index (χ3n) is 6.31. The molecule has 0 spiro atoms. The predicted molar refractivity (Wildman–Crippen MR) is 125 cm³/mol. The number of nitrogens with zero attached hydrogens (tertiary/aromatic N) is 1. The molecule has 9 nitrogen and oxygen atoms in total. The number of amides is 3. The summed E-state index contributed by atoms with van der Waals surface area (Å²) in [6, 6.07) is 11.7. The average molecular weight is 468 g/mol. The maximum absolute atomic E-state index is 13.4. The second-order valence-electron chi connectivity index (χ2n) is 8.41. The van der Waals surface area contributed by atoms with Gasteiger partial charge in [-0.2, -0.15) is 0 Å². The normalized spacial score (nSPS) is 21.8. The summed E-state index contributed by atoms with van der Waals surface area (Å²) in [5, 5.41) is 5.45. The molecule has 1 saturated heterocycles. The van der Waals surface area contributed by atoms with Crippen LogP contribution in [0.25, 0.3) is 0 Å². The van der Waals surface area contributed by atoms with Crippen molar-refractivity contribution in [3.05, 3.63) is 53.6 Å². The Bertz CT molecular complexity index is 1090. The van der Waals surface area contributed by atoms with Crippen LogP contribution in [0.1, 0.15) is 40.0 Å². The van der Waals surface area contributed by atoms with E-state index in [4.69, 9.17) is 14.2 Å². The van der Waals surface area contributed by atoms with Gasteiger partial charge in [-0.25, -0.2) is 0 Å². The zero-order valence-corrected chi connectivity index (χ0v) is 19.5. The first kappa shape index (κ1) is 23.6. The molecule has 2 N–H and O–H groups in total. The van der Waals surface area contributed by atoms with E-state index in [-0.39, 0.29) is 49.0 Å². The van der Waals surface area contributed by atoms with Crippen molar-refractivity contribution in [3.8, 4) is 11.5 Å². The highest BCUT2D eigenvalue weighted by Crippen LogP contribution is 2.32. The van der Waals surface area contributed by atoms with Crippen LogP contribution in [0.4, 0.5) is 5.69 Å². The van der Waals surface area contributed by atoms with Crippen LogP contribution in [0.2, 0.25) is 0 Å². The van der Waals surface area contributed by atoms with E-state index in [0.29, 0.717) is 41.2 Å². The van der Waals surface area contributed by atoms with Crippen molar-refractivity contribution in [2.24, 2.45) is 0 Å². The number of fused-ring (bicyclic) bond motifs is 2. The van der Waals surface area contributed by atoms with Gasteiger partial charge in [0.15, 0.2) is 0 Å². The Morgan fingerprint density at radius 1 is 1.18 bits per heavy atom. The molecule has 2 aromatic carbocycles. The first-order chi connectivity index (χ1) is 16.4. The van der Waals surface area contributed by atoms with Crippen LogP contribution < -0.4 is 20.1 Å². The number of likely N-dealkylation sites (N-methyl/N-ethyl adjacent to an activating group) is 1. The summed E-state index contributed by atoms with van der Waals surface area (Å²) in [6.07, 6.45) is 1.12. The topological polar surface area (TPSA) is 106 Å². The van der Waals surface area contributed by atoms with E-state index in [1.807, 2.05) is 0 Å². The summed E-state index contributed by atoms with van der Waals surface area (Å²) in [5.74, 6) is 0.248. The minimum absolute atomic E-state index is 0.0762. The predicted octanol–water partition coefficient (Wildman–Crippen LogP) is 2.46. The van der Waals surface area contributed by atoms with Crippen molar-refractivity contribution in [3.63, 3.8) is 0 Å². The Kier molecular flexibility index (Phi) is 7.02. The maximum atomic E-state index is 13.4. The molecule has 34 heavy (non-hydrogen) atoms. The van der Waals surface area contributed by atoms with Gasteiger partial charge in [0.05, 0.1) is 36.8 Å². The smallest absolute Gasteiger partial charge is 0.259 e. The number of hydrogen-bond acceptors (Lipinski definition) is 6. The zero-order valence-electron chi connectivity index (χ0n) is 19.5. The molecule has 2 aromatic rings. The van der Waals surface area contributed by atoms with Crippen molar-refractivity contribution in [1.82, 2.24) is 10.2 Å². The lowest BCUT2D eigenvalue weighted by Gasteiger charge is -2.42. The number of ether oxygens (including phenoxy) is 3. The molecule has 2 aliphatic heterocycles. The number of anilines is 1. The van der Waals surface area contributed by atoms with E-state index < -0.39 is 0 Å². The Hall–Kier alpha value is -3.59. The van der Waals surface area contributed by atoms with Crippen LogP contribution >= 0.6 is 0 Å². The van der Waals surface area contributed by atoms with E-state index in [9.17, 15) is 14.4 Å². The summed E-state index contributed by atoms with van der Waals surface area (Å²) >= 11 is 0. The number of rotatable bonds is 5. The van der Waals surface area contributed by atoms with E-state index in [1.165, 1.54) is 7.11 Å². The summed E-state index contributed by atoms with van der Waals surface area (Å²) in [5.41, 5.74) is 1.24. The highest BCUT2D eigenvalue weighted by Gasteiger charge is 2.39. The summed E-state index contributed by atoms with van der Waals surface area (Å²) in [4.78, 5) is 39.6. The second kappa shape index (κ2) is 10.1. The van der Waals surface area contributed by atoms with Gasteiger partial charge in [0, 0.05) is 19.8 Å². The van der Waals surface area contributed by atoms with Gasteiger partial charge in [0.25, 0.3) is 11.8 Å². The van der Waals surface area contributed by atoms with Crippen molar-refractivity contribution < 1.29 is 28.6 Å². The summed E-state index contributed by atoms with van der Waals surface area (Å²) < 4.78 is 17.4. The molecule has 2 heterocycles. The van der Waals surface area contributed by atoms with Gasteiger partial charge >= 0.3 is 0 Å². The Morgan fingerprint density at radius 3 is 2.74 bits per heavy atom. The molecular weight excluding hydrogens is 438 g/mol. The highest BCUT2D eigenvalue weighted by molar-refractivity contribution is 6.07. The third-order valence-corrected chi connectivity index (χ3v) is 6.31. The van der Waals surface area contributed by atoms with Crippen molar-refractivity contribution in [1.29, 1.82) is 0 Å². The fourth-order valence-corrected chi connectivity index (χ4v) is 4.44. The van der Waals surface area contributed by atoms with Gasteiger partial charge in [0.2, 0.25) is 5.91 Å². The SMILES string of the molecule is CNC(=O)C[C@H]1CC[C@@H]2[C@H](COc3ccc(NC(=O)c4ccccc4OC)cc3C(=O)N2C)O1. The lowest BCUT2D eigenvalue weighted by Crippen LogP contribution is -2.53. The quantitative estimate of drug-likeness (QED) is 0.700. The molecule has 9 heteroatoms. The number of carbonyl (C=O) groups excluding carboxylic acids is 3. The fraction of sp³-hybridized carbons (Fsp3) is 0.400. The molecule has 2 aliphatic rings. The van der Waals surface area contributed by atoms with Gasteiger partial charge in [-0.3, -0.25) is 14.4 Å². The molecule has 0 radical (unpaired) electrons. The molecule has 0 aromatic heterocycles.